The summed E-state index contributed by atoms with van der Waals surface area (Å²) in [6.45, 7) is 5.41. The lowest BCUT2D eigenvalue weighted by Crippen LogP contribution is -2.45. The van der Waals surface area contributed by atoms with Crippen molar-refractivity contribution in [3.8, 4) is 17.2 Å². The number of alkyl halides is 6. The standard InChI is InChI=1S/C26H28F6O6/c1-2-24(16-35-17-24)15-34-13-3-4-14-36-19-7-5-18(6-8-19)22(33)37-20-9-11-21(12-10-20)38-26(31,32)23(27)25(28,29)30/h5-12,23H,2-4,13-17H2,1H3. The first-order valence-corrected chi connectivity index (χ1v) is 11.9. The van der Waals surface area contributed by atoms with Crippen LogP contribution in [0.1, 0.15) is 36.5 Å². The maximum absolute atomic E-state index is 13.4. The molecule has 0 aliphatic carbocycles. The van der Waals surface area contributed by atoms with Gasteiger partial charge in [0.2, 0.25) is 0 Å². The van der Waals surface area contributed by atoms with E-state index in [1.165, 1.54) is 12.1 Å². The number of carbonyl (C=O) groups is 1. The molecule has 0 amide bonds. The van der Waals surface area contributed by atoms with Crippen LogP contribution in [0.25, 0.3) is 0 Å². The summed E-state index contributed by atoms with van der Waals surface area (Å²) in [5, 5.41) is 0. The third-order valence-electron chi connectivity index (χ3n) is 5.89. The van der Waals surface area contributed by atoms with Crippen LogP contribution < -0.4 is 14.2 Å². The maximum Gasteiger partial charge on any atom is 0.439 e. The van der Waals surface area contributed by atoms with Crippen molar-refractivity contribution >= 4 is 5.97 Å². The quantitative estimate of drug-likeness (QED) is 0.118. The largest absolute Gasteiger partial charge is 0.494 e. The number of esters is 1. The van der Waals surface area contributed by atoms with E-state index in [9.17, 15) is 31.1 Å². The summed E-state index contributed by atoms with van der Waals surface area (Å²) < 4.78 is 102. The first-order valence-electron chi connectivity index (χ1n) is 11.9. The van der Waals surface area contributed by atoms with E-state index in [1.54, 1.807) is 12.1 Å². The molecule has 3 rings (SSSR count). The molecule has 2 aromatic rings. The van der Waals surface area contributed by atoms with Crippen LogP contribution in [0.2, 0.25) is 0 Å². The maximum atomic E-state index is 13.4. The van der Waals surface area contributed by atoms with Crippen LogP contribution in [0, 0.1) is 5.41 Å². The van der Waals surface area contributed by atoms with E-state index in [0.717, 1.165) is 56.7 Å². The lowest BCUT2D eigenvalue weighted by molar-refractivity contribution is -0.305. The first kappa shape index (κ1) is 29.6. The number of benzene rings is 2. The highest BCUT2D eigenvalue weighted by atomic mass is 19.4. The Bertz CT molecular complexity index is 1020. The molecule has 210 valence electrons. The van der Waals surface area contributed by atoms with Crippen molar-refractivity contribution < 1.29 is 54.8 Å². The van der Waals surface area contributed by atoms with Gasteiger partial charge in [0.15, 0.2) is 0 Å². The zero-order chi connectivity index (χ0) is 27.8. The monoisotopic (exact) mass is 550 g/mol. The van der Waals surface area contributed by atoms with Crippen molar-refractivity contribution in [2.24, 2.45) is 5.41 Å². The molecule has 0 saturated carbocycles. The smallest absolute Gasteiger partial charge is 0.439 e. The second kappa shape index (κ2) is 12.7. The van der Waals surface area contributed by atoms with E-state index in [4.69, 9.17) is 18.9 Å². The highest BCUT2D eigenvalue weighted by Crippen LogP contribution is 2.37. The van der Waals surface area contributed by atoms with Gasteiger partial charge in [-0.2, -0.15) is 22.0 Å². The van der Waals surface area contributed by atoms with E-state index in [2.05, 4.69) is 11.7 Å². The molecule has 38 heavy (non-hydrogen) atoms. The van der Waals surface area contributed by atoms with E-state index < -0.39 is 30.2 Å². The average molecular weight is 550 g/mol. The molecule has 12 heteroatoms. The third kappa shape index (κ3) is 8.26. The molecule has 1 unspecified atom stereocenters. The molecule has 0 N–H and O–H groups in total. The number of halogens is 6. The molecule has 1 fully saturated rings. The lowest BCUT2D eigenvalue weighted by atomic mass is 9.84. The summed E-state index contributed by atoms with van der Waals surface area (Å²) in [6.07, 6.45) is -12.8. The third-order valence-corrected chi connectivity index (χ3v) is 5.89. The van der Waals surface area contributed by atoms with Gasteiger partial charge in [-0.1, -0.05) is 6.92 Å². The van der Waals surface area contributed by atoms with Gasteiger partial charge in [0, 0.05) is 12.0 Å². The van der Waals surface area contributed by atoms with Crippen molar-refractivity contribution in [1.82, 2.24) is 0 Å². The van der Waals surface area contributed by atoms with E-state index in [-0.39, 0.29) is 16.7 Å². The zero-order valence-corrected chi connectivity index (χ0v) is 20.6. The van der Waals surface area contributed by atoms with Gasteiger partial charge in [0.1, 0.15) is 17.2 Å². The molecule has 2 aromatic carbocycles. The topological polar surface area (TPSA) is 63.2 Å². The molecule has 1 saturated heterocycles. The van der Waals surface area contributed by atoms with Crippen LogP contribution in [0.3, 0.4) is 0 Å². The van der Waals surface area contributed by atoms with Crippen LogP contribution in [-0.4, -0.2) is 57.5 Å². The molecule has 0 spiro atoms. The van der Waals surface area contributed by atoms with Gasteiger partial charge in [0.25, 0.3) is 6.17 Å². The Morgan fingerprint density at radius 1 is 0.921 bits per heavy atom. The summed E-state index contributed by atoms with van der Waals surface area (Å²) >= 11 is 0. The van der Waals surface area contributed by atoms with Gasteiger partial charge >= 0.3 is 18.3 Å². The van der Waals surface area contributed by atoms with E-state index in [1.807, 2.05) is 0 Å². The van der Waals surface area contributed by atoms with Crippen molar-refractivity contribution in [1.29, 1.82) is 0 Å². The molecule has 1 heterocycles. The number of carbonyl (C=O) groups excluding carboxylic acids is 1. The number of hydrogen-bond acceptors (Lipinski definition) is 6. The van der Waals surface area contributed by atoms with E-state index in [0.29, 0.717) is 25.6 Å². The molecule has 0 aromatic heterocycles. The average Bonchev–Trinajstić information content (AvgIpc) is 2.85. The van der Waals surface area contributed by atoms with Gasteiger partial charge in [-0.25, -0.2) is 9.18 Å². The van der Waals surface area contributed by atoms with Gasteiger partial charge in [0.05, 0.1) is 32.0 Å². The predicted molar refractivity (Wildman–Crippen MR) is 123 cm³/mol. The molecule has 0 radical (unpaired) electrons. The minimum Gasteiger partial charge on any atom is -0.494 e. The number of hydrogen-bond donors (Lipinski definition) is 0. The molecule has 1 atom stereocenters. The first-order chi connectivity index (χ1) is 17.9. The summed E-state index contributed by atoms with van der Waals surface area (Å²) in [4.78, 5) is 12.3. The van der Waals surface area contributed by atoms with Crippen LogP contribution in [0.15, 0.2) is 48.5 Å². The van der Waals surface area contributed by atoms with Crippen LogP contribution in [0.4, 0.5) is 26.3 Å². The van der Waals surface area contributed by atoms with Crippen molar-refractivity contribution in [2.45, 2.75) is 44.6 Å². The molecule has 1 aliphatic rings. The van der Waals surface area contributed by atoms with Crippen molar-refractivity contribution in [2.75, 3.05) is 33.0 Å². The number of rotatable bonds is 14. The van der Waals surface area contributed by atoms with Gasteiger partial charge in [-0.15, -0.1) is 0 Å². The molecule has 6 nitrogen and oxygen atoms in total. The SMILES string of the molecule is CCC1(COCCCCOc2ccc(C(=O)Oc3ccc(OC(F)(F)C(F)C(F)(F)F)cc3)cc2)COC1. The summed E-state index contributed by atoms with van der Waals surface area (Å²) in [5.41, 5.74) is 0.336. The second-order valence-corrected chi connectivity index (χ2v) is 8.91. The predicted octanol–water partition coefficient (Wildman–Crippen LogP) is 6.38. The Labute approximate surface area is 215 Å². The number of ether oxygens (including phenoxy) is 5. The van der Waals surface area contributed by atoms with Crippen LogP contribution >= 0.6 is 0 Å². The van der Waals surface area contributed by atoms with Crippen molar-refractivity contribution in [3.63, 3.8) is 0 Å². The van der Waals surface area contributed by atoms with E-state index >= 15 is 0 Å². The fourth-order valence-electron chi connectivity index (χ4n) is 3.39. The Balaban J connectivity index is 1.38. The normalized spacial score (nSPS) is 15.9. The highest BCUT2D eigenvalue weighted by molar-refractivity contribution is 5.91. The van der Waals surface area contributed by atoms with Crippen LogP contribution in [-0.2, 0) is 9.47 Å². The number of unbranched alkanes of at least 4 members (excludes halogenated alkanes) is 1. The minimum absolute atomic E-state index is 0.0875. The minimum atomic E-state index is -5.79. The Hall–Kier alpha value is -2.99. The molecular weight excluding hydrogens is 522 g/mol. The van der Waals surface area contributed by atoms with Crippen LogP contribution in [0.5, 0.6) is 17.2 Å². The molecule has 0 bridgehead atoms. The van der Waals surface area contributed by atoms with Gasteiger partial charge in [-0.3, -0.25) is 0 Å². The molecular formula is C26H28F6O6. The second-order valence-electron chi connectivity index (χ2n) is 8.91. The highest BCUT2D eigenvalue weighted by Gasteiger charge is 2.59. The summed E-state index contributed by atoms with van der Waals surface area (Å²) in [5.74, 6) is -1.05. The lowest BCUT2D eigenvalue weighted by Gasteiger charge is -2.40. The fraction of sp³-hybridized carbons (Fsp3) is 0.500. The van der Waals surface area contributed by atoms with Crippen molar-refractivity contribution in [3.05, 3.63) is 54.1 Å². The van der Waals surface area contributed by atoms with Gasteiger partial charge < -0.3 is 23.7 Å². The van der Waals surface area contributed by atoms with Gasteiger partial charge in [-0.05, 0) is 67.8 Å². The fourth-order valence-corrected chi connectivity index (χ4v) is 3.39. The molecule has 1 aliphatic heterocycles. The Morgan fingerprint density at radius 2 is 1.50 bits per heavy atom. The summed E-state index contributed by atoms with van der Waals surface area (Å²) in [7, 11) is 0. The Kier molecular flexibility index (Phi) is 9.88. The summed E-state index contributed by atoms with van der Waals surface area (Å²) in [6, 6.07) is 9.81. The zero-order valence-electron chi connectivity index (χ0n) is 20.6. The Morgan fingerprint density at radius 3 is 2.05 bits per heavy atom.